The molecule has 0 spiro atoms. The molecule has 0 heterocycles. The van der Waals surface area contributed by atoms with E-state index in [-0.39, 0.29) is 18.8 Å². The predicted octanol–water partition coefficient (Wildman–Crippen LogP) is 1.79. The summed E-state index contributed by atoms with van der Waals surface area (Å²) in [7, 11) is 0. The third-order valence-corrected chi connectivity index (χ3v) is 2.04. The molecule has 1 aromatic rings. The second-order valence-electron chi connectivity index (χ2n) is 3.39. The minimum Gasteiger partial charge on any atom is -0.448 e. The molecule has 0 fully saturated rings. The van der Waals surface area contributed by atoms with Crippen molar-refractivity contribution in [3.8, 4) is 0 Å². The van der Waals surface area contributed by atoms with E-state index in [2.05, 4.69) is 10.1 Å². The molecule has 1 amide bonds. The van der Waals surface area contributed by atoms with E-state index in [4.69, 9.17) is 11.5 Å². The molecule has 8 heteroatoms. The Balaban J connectivity index is 2.60. The van der Waals surface area contributed by atoms with Crippen LogP contribution in [0.1, 0.15) is 5.56 Å². The van der Waals surface area contributed by atoms with Gasteiger partial charge < -0.3 is 21.5 Å². The molecule has 0 bridgehead atoms. The van der Waals surface area contributed by atoms with E-state index >= 15 is 0 Å². The van der Waals surface area contributed by atoms with Gasteiger partial charge in [0.25, 0.3) is 0 Å². The molecule has 5 nitrogen and oxygen atoms in total. The zero-order valence-electron chi connectivity index (χ0n) is 9.25. The zero-order valence-corrected chi connectivity index (χ0v) is 9.25. The highest BCUT2D eigenvalue weighted by molar-refractivity contribution is 5.67. The van der Waals surface area contributed by atoms with Crippen molar-refractivity contribution in [2.24, 2.45) is 5.73 Å². The van der Waals surface area contributed by atoms with Gasteiger partial charge in [-0.2, -0.15) is 13.2 Å². The summed E-state index contributed by atoms with van der Waals surface area (Å²) in [6, 6.07) is 2.95. The first-order chi connectivity index (χ1) is 8.30. The zero-order chi connectivity index (χ0) is 13.8. The van der Waals surface area contributed by atoms with Crippen LogP contribution in [-0.4, -0.2) is 19.2 Å². The van der Waals surface area contributed by atoms with Crippen molar-refractivity contribution in [3.05, 3.63) is 23.8 Å². The standard InChI is InChI=1S/C10H12F3N3O2/c11-10(12,13)6-1-2-8(7(14)5-6)16-3-4-18-9(15)17/h1-2,5,16H,3-4,14H2,(H2,15,17). The predicted molar refractivity (Wildman–Crippen MR) is 59.9 cm³/mol. The average Bonchev–Trinajstić information content (AvgIpc) is 2.24. The molecule has 1 aromatic carbocycles. The molecule has 0 saturated heterocycles. The molecular weight excluding hydrogens is 251 g/mol. The highest BCUT2D eigenvalue weighted by atomic mass is 19.4. The van der Waals surface area contributed by atoms with Gasteiger partial charge >= 0.3 is 12.3 Å². The smallest absolute Gasteiger partial charge is 0.416 e. The number of nitrogens with two attached hydrogens (primary N) is 2. The molecule has 0 radical (unpaired) electrons. The van der Waals surface area contributed by atoms with Crippen LogP contribution in [0.4, 0.5) is 29.3 Å². The van der Waals surface area contributed by atoms with Crippen LogP contribution in [-0.2, 0) is 10.9 Å². The number of carbonyl (C=O) groups excluding carboxylic acids is 1. The normalized spacial score (nSPS) is 11.1. The quantitative estimate of drug-likeness (QED) is 0.570. The first-order valence-corrected chi connectivity index (χ1v) is 4.93. The summed E-state index contributed by atoms with van der Waals surface area (Å²) in [6.45, 7) is 0.189. The number of anilines is 2. The van der Waals surface area contributed by atoms with Crippen molar-refractivity contribution >= 4 is 17.5 Å². The molecule has 0 aliphatic heterocycles. The largest absolute Gasteiger partial charge is 0.448 e. The number of amides is 1. The van der Waals surface area contributed by atoms with Crippen LogP contribution in [0.25, 0.3) is 0 Å². The number of primary amides is 1. The summed E-state index contributed by atoms with van der Waals surface area (Å²) in [4.78, 5) is 10.3. The van der Waals surface area contributed by atoms with Crippen LogP contribution in [0.2, 0.25) is 0 Å². The molecule has 5 N–H and O–H groups in total. The van der Waals surface area contributed by atoms with E-state index in [1.165, 1.54) is 6.07 Å². The summed E-state index contributed by atoms with van der Waals surface area (Å²) in [5, 5.41) is 2.72. The van der Waals surface area contributed by atoms with Gasteiger partial charge in [0.15, 0.2) is 0 Å². The number of alkyl halides is 3. The molecule has 0 unspecified atom stereocenters. The SMILES string of the molecule is NC(=O)OCCNc1ccc(C(F)(F)F)cc1N. The molecule has 100 valence electrons. The van der Waals surface area contributed by atoms with Gasteiger partial charge in [-0.3, -0.25) is 0 Å². The molecule has 0 atom stereocenters. The van der Waals surface area contributed by atoms with Crippen molar-refractivity contribution in [1.82, 2.24) is 0 Å². The number of ether oxygens (including phenoxy) is 1. The van der Waals surface area contributed by atoms with Gasteiger partial charge in [-0.25, -0.2) is 4.79 Å². The van der Waals surface area contributed by atoms with Crippen molar-refractivity contribution in [2.75, 3.05) is 24.2 Å². The maximum Gasteiger partial charge on any atom is 0.416 e. The Morgan fingerprint density at radius 2 is 2.06 bits per heavy atom. The third kappa shape index (κ3) is 4.04. The van der Waals surface area contributed by atoms with Crippen LogP contribution in [0.15, 0.2) is 18.2 Å². The van der Waals surface area contributed by atoms with Gasteiger partial charge in [0.05, 0.1) is 16.9 Å². The second-order valence-corrected chi connectivity index (χ2v) is 3.39. The number of hydrogen-bond donors (Lipinski definition) is 3. The summed E-state index contributed by atoms with van der Waals surface area (Å²) < 4.78 is 41.5. The van der Waals surface area contributed by atoms with Crippen molar-refractivity contribution in [2.45, 2.75) is 6.18 Å². The van der Waals surface area contributed by atoms with Crippen LogP contribution in [0.5, 0.6) is 0 Å². The van der Waals surface area contributed by atoms with Crippen molar-refractivity contribution in [3.63, 3.8) is 0 Å². The molecule has 0 aliphatic carbocycles. The monoisotopic (exact) mass is 263 g/mol. The number of halogens is 3. The fourth-order valence-corrected chi connectivity index (χ4v) is 1.24. The minimum absolute atomic E-state index is 0.00417. The third-order valence-electron chi connectivity index (χ3n) is 2.04. The lowest BCUT2D eigenvalue weighted by molar-refractivity contribution is -0.137. The lowest BCUT2D eigenvalue weighted by Gasteiger charge is -2.12. The topological polar surface area (TPSA) is 90.4 Å². The molecule has 0 aliphatic rings. The van der Waals surface area contributed by atoms with Crippen molar-refractivity contribution in [1.29, 1.82) is 0 Å². The number of hydrogen-bond acceptors (Lipinski definition) is 4. The number of benzene rings is 1. The fourth-order valence-electron chi connectivity index (χ4n) is 1.24. The summed E-state index contributed by atoms with van der Waals surface area (Å²) >= 11 is 0. The van der Waals surface area contributed by atoms with Gasteiger partial charge in [0.2, 0.25) is 0 Å². The average molecular weight is 263 g/mol. The van der Waals surface area contributed by atoms with Crippen LogP contribution < -0.4 is 16.8 Å². The Labute approximate surface area is 101 Å². The summed E-state index contributed by atoms with van der Waals surface area (Å²) in [6.07, 6.45) is -5.35. The summed E-state index contributed by atoms with van der Waals surface area (Å²) in [5.41, 5.74) is 9.67. The van der Waals surface area contributed by atoms with Gasteiger partial charge in [-0.15, -0.1) is 0 Å². The highest BCUT2D eigenvalue weighted by Gasteiger charge is 2.30. The van der Waals surface area contributed by atoms with Gasteiger partial charge in [0.1, 0.15) is 6.61 Å². The second kappa shape index (κ2) is 5.48. The Morgan fingerprint density at radius 1 is 1.39 bits per heavy atom. The molecule has 0 saturated carbocycles. The Bertz CT molecular complexity index is 435. The number of nitrogens with one attached hydrogen (secondary N) is 1. The minimum atomic E-state index is -4.43. The molecular formula is C10H12F3N3O2. The van der Waals surface area contributed by atoms with E-state index in [1.54, 1.807) is 0 Å². The van der Waals surface area contributed by atoms with E-state index in [9.17, 15) is 18.0 Å². The molecule has 1 rings (SSSR count). The maximum atomic E-state index is 12.3. The molecule has 0 aromatic heterocycles. The van der Waals surface area contributed by atoms with Crippen molar-refractivity contribution < 1.29 is 22.7 Å². The fraction of sp³-hybridized carbons (Fsp3) is 0.300. The Morgan fingerprint density at radius 3 is 2.56 bits per heavy atom. The van der Waals surface area contributed by atoms with E-state index in [1.807, 2.05) is 0 Å². The van der Waals surface area contributed by atoms with Gasteiger partial charge in [-0.05, 0) is 18.2 Å². The number of rotatable bonds is 4. The highest BCUT2D eigenvalue weighted by Crippen LogP contribution is 2.32. The van der Waals surface area contributed by atoms with E-state index in [0.717, 1.165) is 12.1 Å². The van der Waals surface area contributed by atoms with Gasteiger partial charge in [0, 0.05) is 6.54 Å². The first-order valence-electron chi connectivity index (χ1n) is 4.93. The van der Waals surface area contributed by atoms with E-state index in [0.29, 0.717) is 5.69 Å². The summed E-state index contributed by atoms with van der Waals surface area (Å²) in [5.74, 6) is 0. The lowest BCUT2D eigenvalue weighted by atomic mass is 10.1. The van der Waals surface area contributed by atoms with Crippen LogP contribution in [0, 0.1) is 0 Å². The first kappa shape index (κ1) is 13.9. The molecule has 18 heavy (non-hydrogen) atoms. The maximum absolute atomic E-state index is 12.3. The number of carbonyl (C=O) groups is 1. The Kier molecular flexibility index (Phi) is 4.24. The van der Waals surface area contributed by atoms with Gasteiger partial charge in [-0.1, -0.05) is 0 Å². The number of nitrogen functional groups attached to an aromatic ring is 1. The lowest BCUT2D eigenvalue weighted by Crippen LogP contribution is -2.18. The van der Waals surface area contributed by atoms with E-state index < -0.39 is 17.8 Å². The van der Waals surface area contributed by atoms with Crippen LogP contribution >= 0.6 is 0 Å². The van der Waals surface area contributed by atoms with Crippen LogP contribution in [0.3, 0.4) is 0 Å². The Hall–Kier alpha value is -2.12.